The van der Waals surface area contributed by atoms with Crippen molar-refractivity contribution in [1.29, 1.82) is 0 Å². The normalized spacial score (nSPS) is 10.9. The van der Waals surface area contributed by atoms with Gasteiger partial charge in [0.15, 0.2) is 5.78 Å². The number of unbranched alkanes of at least 4 members (excludes halogenated alkanes) is 1. The highest BCUT2D eigenvalue weighted by Crippen LogP contribution is 2.01. The third-order valence-corrected chi connectivity index (χ3v) is 2.67. The number of nitrogens with one attached hydrogen (secondary N) is 1. The zero-order valence-corrected chi connectivity index (χ0v) is 12.1. The Bertz CT molecular complexity index is 465. The first kappa shape index (κ1) is 16.1. The molecule has 1 rings (SSSR count). The second-order valence-electron chi connectivity index (χ2n) is 4.67. The van der Waals surface area contributed by atoms with E-state index in [9.17, 15) is 9.59 Å². The molecule has 0 saturated heterocycles. The number of aromatic nitrogens is 3. The first-order valence-corrected chi connectivity index (χ1v) is 6.97. The van der Waals surface area contributed by atoms with Crippen LogP contribution in [0, 0.1) is 0 Å². The zero-order valence-electron chi connectivity index (χ0n) is 12.1. The Morgan fingerprint density at radius 3 is 2.85 bits per heavy atom. The summed E-state index contributed by atoms with van der Waals surface area (Å²) in [7, 11) is 0. The molecule has 1 aromatic heterocycles. The highest BCUT2D eigenvalue weighted by atomic mass is 16.1. The molecule has 1 aromatic rings. The Labute approximate surface area is 119 Å². The minimum absolute atomic E-state index is 0.129. The van der Waals surface area contributed by atoms with Gasteiger partial charge >= 0.3 is 0 Å². The predicted octanol–water partition coefficient (Wildman–Crippen LogP) is 1.27. The number of ketones is 1. The Morgan fingerprint density at radius 1 is 1.35 bits per heavy atom. The van der Waals surface area contributed by atoms with Crippen molar-refractivity contribution < 1.29 is 9.59 Å². The fourth-order valence-corrected chi connectivity index (χ4v) is 1.69. The standard InChI is InChI=1S/C14H22N4O2/c1-3-10-18-11-13(16-17-18)6-4-5-9-15-14(20)8-7-12(2)19/h7-8,11H,3-6,9-10H2,1-2H3,(H,15,20)/b8-7+. The number of nitrogens with zero attached hydrogens (tertiary/aromatic N) is 3. The molecule has 0 bridgehead atoms. The van der Waals surface area contributed by atoms with E-state index >= 15 is 0 Å². The van der Waals surface area contributed by atoms with Crippen LogP contribution in [0.15, 0.2) is 18.3 Å². The molecule has 1 amide bonds. The number of hydrogen-bond donors (Lipinski definition) is 1. The lowest BCUT2D eigenvalue weighted by Crippen LogP contribution is -2.22. The molecule has 0 aliphatic heterocycles. The van der Waals surface area contributed by atoms with Crippen molar-refractivity contribution in [2.24, 2.45) is 0 Å². The molecular weight excluding hydrogens is 256 g/mol. The van der Waals surface area contributed by atoms with Crippen LogP contribution in [-0.4, -0.2) is 33.2 Å². The molecule has 1 heterocycles. The highest BCUT2D eigenvalue weighted by Gasteiger charge is 2.00. The average molecular weight is 278 g/mol. The summed E-state index contributed by atoms with van der Waals surface area (Å²) in [6.07, 6.45) is 8.23. The molecule has 0 aliphatic rings. The third kappa shape index (κ3) is 6.82. The van der Waals surface area contributed by atoms with Crippen molar-refractivity contribution in [3.8, 4) is 0 Å². The van der Waals surface area contributed by atoms with Crippen LogP contribution in [0.1, 0.15) is 38.8 Å². The number of hydrogen-bond acceptors (Lipinski definition) is 4. The second kappa shape index (κ2) is 9.01. The molecule has 0 spiro atoms. The molecule has 0 radical (unpaired) electrons. The Kier molecular flexibility index (Phi) is 7.24. The topological polar surface area (TPSA) is 76.9 Å². The summed E-state index contributed by atoms with van der Waals surface area (Å²) in [6.45, 7) is 5.01. The number of aryl methyl sites for hydroxylation is 2. The maximum Gasteiger partial charge on any atom is 0.244 e. The molecule has 0 unspecified atom stereocenters. The molecule has 0 fully saturated rings. The summed E-state index contributed by atoms with van der Waals surface area (Å²) in [6, 6.07) is 0. The van der Waals surface area contributed by atoms with E-state index in [4.69, 9.17) is 0 Å². The second-order valence-corrected chi connectivity index (χ2v) is 4.67. The van der Waals surface area contributed by atoms with Gasteiger partial charge in [0.1, 0.15) is 0 Å². The molecule has 6 heteroatoms. The Hall–Kier alpha value is -1.98. The average Bonchev–Trinajstić information content (AvgIpc) is 2.84. The first-order chi connectivity index (χ1) is 9.61. The predicted molar refractivity (Wildman–Crippen MR) is 76.1 cm³/mol. The molecule has 1 N–H and O–H groups in total. The van der Waals surface area contributed by atoms with E-state index in [0.717, 1.165) is 37.9 Å². The minimum Gasteiger partial charge on any atom is -0.353 e. The van der Waals surface area contributed by atoms with Gasteiger partial charge in [0, 0.05) is 25.4 Å². The molecule has 20 heavy (non-hydrogen) atoms. The van der Waals surface area contributed by atoms with Crippen molar-refractivity contribution in [2.75, 3.05) is 6.54 Å². The SMILES string of the molecule is CCCn1cc(CCCCNC(=O)/C=C/C(C)=O)nn1. The van der Waals surface area contributed by atoms with E-state index in [1.54, 1.807) is 0 Å². The molecule has 0 aromatic carbocycles. The Morgan fingerprint density at radius 2 is 2.15 bits per heavy atom. The lowest BCUT2D eigenvalue weighted by molar-refractivity contribution is -0.117. The van der Waals surface area contributed by atoms with Crippen LogP contribution in [0.3, 0.4) is 0 Å². The van der Waals surface area contributed by atoms with Gasteiger partial charge in [0.2, 0.25) is 5.91 Å². The largest absolute Gasteiger partial charge is 0.353 e. The summed E-state index contributed by atoms with van der Waals surface area (Å²) < 4.78 is 1.85. The van der Waals surface area contributed by atoms with Crippen molar-refractivity contribution in [3.63, 3.8) is 0 Å². The molecule has 110 valence electrons. The third-order valence-electron chi connectivity index (χ3n) is 2.67. The van der Waals surface area contributed by atoms with E-state index in [1.807, 2.05) is 10.9 Å². The van der Waals surface area contributed by atoms with Gasteiger partial charge in [-0.15, -0.1) is 5.10 Å². The van der Waals surface area contributed by atoms with E-state index < -0.39 is 0 Å². The van der Waals surface area contributed by atoms with Gasteiger partial charge in [-0.25, -0.2) is 0 Å². The molecule has 0 saturated carbocycles. The summed E-state index contributed by atoms with van der Waals surface area (Å²) >= 11 is 0. The van der Waals surface area contributed by atoms with Crippen LogP contribution < -0.4 is 5.32 Å². The van der Waals surface area contributed by atoms with Crippen molar-refractivity contribution >= 4 is 11.7 Å². The fourth-order valence-electron chi connectivity index (χ4n) is 1.69. The molecule has 0 atom stereocenters. The minimum atomic E-state index is -0.228. The van der Waals surface area contributed by atoms with Crippen LogP contribution >= 0.6 is 0 Å². The zero-order chi connectivity index (χ0) is 14.8. The van der Waals surface area contributed by atoms with E-state index in [2.05, 4.69) is 22.6 Å². The first-order valence-electron chi connectivity index (χ1n) is 6.97. The van der Waals surface area contributed by atoms with Gasteiger partial charge in [0.25, 0.3) is 0 Å². The number of carbonyl (C=O) groups is 2. The lowest BCUT2D eigenvalue weighted by atomic mass is 10.2. The summed E-state index contributed by atoms with van der Waals surface area (Å²) in [4.78, 5) is 21.9. The summed E-state index contributed by atoms with van der Waals surface area (Å²) in [5.41, 5.74) is 0.987. The lowest BCUT2D eigenvalue weighted by Gasteiger charge is -2.00. The maximum absolute atomic E-state index is 11.3. The van der Waals surface area contributed by atoms with Crippen molar-refractivity contribution in [1.82, 2.24) is 20.3 Å². The molecule has 6 nitrogen and oxygen atoms in total. The van der Waals surface area contributed by atoms with Crippen LogP contribution in [0.5, 0.6) is 0 Å². The molecule has 0 aliphatic carbocycles. The quantitative estimate of drug-likeness (QED) is 0.545. The monoisotopic (exact) mass is 278 g/mol. The van der Waals surface area contributed by atoms with Crippen LogP contribution in [0.4, 0.5) is 0 Å². The number of carbonyl (C=O) groups excluding carboxylic acids is 2. The van der Waals surface area contributed by atoms with Gasteiger partial charge in [0.05, 0.1) is 5.69 Å². The highest BCUT2D eigenvalue weighted by molar-refractivity contribution is 5.96. The van der Waals surface area contributed by atoms with Crippen molar-refractivity contribution in [2.45, 2.75) is 46.1 Å². The molecular formula is C14H22N4O2. The van der Waals surface area contributed by atoms with E-state index in [-0.39, 0.29) is 11.7 Å². The van der Waals surface area contributed by atoms with Gasteiger partial charge in [-0.1, -0.05) is 12.1 Å². The number of amides is 1. The van der Waals surface area contributed by atoms with Crippen LogP contribution in [-0.2, 0) is 22.6 Å². The summed E-state index contributed by atoms with van der Waals surface area (Å²) in [5, 5.41) is 10.9. The van der Waals surface area contributed by atoms with Crippen LogP contribution in [0.2, 0.25) is 0 Å². The van der Waals surface area contributed by atoms with E-state index in [0.29, 0.717) is 6.54 Å². The number of allylic oxidation sites excluding steroid dienone is 1. The van der Waals surface area contributed by atoms with E-state index in [1.165, 1.54) is 19.1 Å². The van der Waals surface area contributed by atoms with Crippen LogP contribution in [0.25, 0.3) is 0 Å². The summed E-state index contributed by atoms with van der Waals surface area (Å²) in [5.74, 6) is -0.357. The Balaban J connectivity index is 2.12. The van der Waals surface area contributed by atoms with Crippen molar-refractivity contribution in [3.05, 3.63) is 24.0 Å². The van der Waals surface area contributed by atoms with Gasteiger partial charge in [-0.2, -0.15) is 0 Å². The van der Waals surface area contributed by atoms with Gasteiger partial charge in [-0.05, 0) is 38.7 Å². The maximum atomic E-state index is 11.3. The fraction of sp³-hybridized carbons (Fsp3) is 0.571. The van der Waals surface area contributed by atoms with Gasteiger partial charge in [-0.3, -0.25) is 14.3 Å². The number of rotatable bonds is 9. The smallest absolute Gasteiger partial charge is 0.244 e. The van der Waals surface area contributed by atoms with Gasteiger partial charge < -0.3 is 5.32 Å².